The zero-order chi connectivity index (χ0) is 12.1. The molecule has 2 aromatic rings. The number of methoxy groups -OCH3 is 1. The van der Waals surface area contributed by atoms with Gasteiger partial charge >= 0.3 is 0 Å². The van der Waals surface area contributed by atoms with Crippen LogP contribution in [0.1, 0.15) is 5.56 Å². The first-order chi connectivity index (χ1) is 8.29. The zero-order valence-electron chi connectivity index (χ0n) is 9.48. The van der Waals surface area contributed by atoms with Crippen LogP contribution >= 0.6 is 15.9 Å². The molecule has 1 aromatic carbocycles. The summed E-state index contributed by atoms with van der Waals surface area (Å²) in [4.78, 5) is 4.08. The molecule has 1 aromatic heterocycles. The fourth-order valence-electron chi connectivity index (χ4n) is 1.52. The van der Waals surface area contributed by atoms with Crippen LogP contribution in [0.3, 0.4) is 0 Å². The molecule has 88 valence electrons. The number of ether oxygens (including phenoxy) is 1. The van der Waals surface area contributed by atoms with Gasteiger partial charge in [-0.05, 0) is 29.8 Å². The van der Waals surface area contributed by atoms with E-state index in [1.165, 1.54) is 0 Å². The van der Waals surface area contributed by atoms with Gasteiger partial charge in [-0.25, -0.2) is 0 Å². The topological polar surface area (TPSA) is 34.1 Å². The van der Waals surface area contributed by atoms with E-state index in [9.17, 15) is 0 Å². The second-order valence-electron chi connectivity index (χ2n) is 3.56. The predicted molar refractivity (Wildman–Crippen MR) is 72.3 cm³/mol. The van der Waals surface area contributed by atoms with Crippen LogP contribution in [0.2, 0.25) is 0 Å². The van der Waals surface area contributed by atoms with E-state index in [0.717, 1.165) is 28.0 Å². The van der Waals surface area contributed by atoms with E-state index in [-0.39, 0.29) is 0 Å². The Hall–Kier alpha value is -1.55. The molecule has 1 N–H and O–H groups in total. The number of nitrogens with zero attached hydrogens (tertiary/aromatic N) is 1. The number of benzene rings is 1. The van der Waals surface area contributed by atoms with Crippen molar-refractivity contribution >= 4 is 21.6 Å². The molecule has 0 spiro atoms. The summed E-state index contributed by atoms with van der Waals surface area (Å²) in [5.74, 6) is 0.831. The summed E-state index contributed by atoms with van der Waals surface area (Å²) in [5.41, 5.74) is 2.10. The molecule has 4 heteroatoms. The minimum atomic E-state index is 0.723. The predicted octanol–water partition coefficient (Wildman–Crippen LogP) is 3.46. The highest BCUT2D eigenvalue weighted by Crippen LogP contribution is 2.28. The van der Waals surface area contributed by atoms with E-state index < -0.39 is 0 Å². The summed E-state index contributed by atoms with van der Waals surface area (Å²) in [5, 5.41) is 3.33. The molecule has 0 aliphatic carbocycles. The Morgan fingerprint density at radius 2 is 2.24 bits per heavy atom. The van der Waals surface area contributed by atoms with Gasteiger partial charge in [-0.3, -0.25) is 4.98 Å². The lowest BCUT2D eigenvalue weighted by molar-refractivity contribution is 0.416. The van der Waals surface area contributed by atoms with Crippen molar-refractivity contribution in [2.24, 2.45) is 0 Å². The first-order valence-corrected chi connectivity index (χ1v) is 6.05. The maximum absolute atomic E-state index is 5.29. The fourth-order valence-corrected chi connectivity index (χ4v) is 1.88. The van der Waals surface area contributed by atoms with Crippen molar-refractivity contribution in [3.63, 3.8) is 0 Å². The molecule has 0 unspecified atom stereocenters. The highest BCUT2D eigenvalue weighted by molar-refractivity contribution is 9.10. The smallest absolute Gasteiger partial charge is 0.142 e. The molecule has 17 heavy (non-hydrogen) atoms. The number of nitrogens with one attached hydrogen (secondary N) is 1. The quantitative estimate of drug-likeness (QED) is 0.937. The third-order valence-electron chi connectivity index (χ3n) is 2.37. The zero-order valence-corrected chi connectivity index (χ0v) is 11.1. The number of aromatic nitrogens is 1. The van der Waals surface area contributed by atoms with Gasteiger partial charge in [0.1, 0.15) is 5.75 Å². The number of rotatable bonds is 4. The van der Waals surface area contributed by atoms with Crippen LogP contribution < -0.4 is 10.1 Å². The lowest BCUT2D eigenvalue weighted by Crippen LogP contribution is -2.01. The van der Waals surface area contributed by atoms with Crippen molar-refractivity contribution < 1.29 is 4.74 Å². The van der Waals surface area contributed by atoms with Gasteiger partial charge in [0.2, 0.25) is 0 Å². The first-order valence-electron chi connectivity index (χ1n) is 5.26. The number of hydrogen-bond donors (Lipinski definition) is 1. The van der Waals surface area contributed by atoms with Crippen molar-refractivity contribution in [1.82, 2.24) is 4.98 Å². The summed E-state index contributed by atoms with van der Waals surface area (Å²) in [6.45, 7) is 0.723. The molecule has 0 saturated carbocycles. The molecule has 0 fully saturated rings. The number of anilines is 1. The summed E-state index contributed by atoms with van der Waals surface area (Å²) in [6, 6.07) is 9.83. The third kappa shape index (κ3) is 3.20. The molecule has 0 amide bonds. The fraction of sp³-hybridized carbons (Fsp3) is 0.154. The summed E-state index contributed by atoms with van der Waals surface area (Å²) in [7, 11) is 1.67. The Morgan fingerprint density at radius 1 is 1.35 bits per heavy atom. The van der Waals surface area contributed by atoms with Crippen LogP contribution in [0.25, 0.3) is 0 Å². The van der Waals surface area contributed by atoms with Gasteiger partial charge < -0.3 is 10.1 Å². The van der Waals surface area contributed by atoms with Crippen LogP contribution in [0.5, 0.6) is 5.75 Å². The maximum atomic E-state index is 5.29. The van der Waals surface area contributed by atoms with E-state index in [1.54, 1.807) is 13.3 Å². The number of hydrogen-bond acceptors (Lipinski definition) is 3. The van der Waals surface area contributed by atoms with E-state index in [2.05, 4.69) is 26.2 Å². The van der Waals surface area contributed by atoms with Gasteiger partial charge in [0, 0.05) is 23.4 Å². The van der Waals surface area contributed by atoms with Gasteiger partial charge in [-0.15, -0.1) is 0 Å². The van der Waals surface area contributed by atoms with Crippen molar-refractivity contribution in [3.05, 3.63) is 52.8 Å². The van der Waals surface area contributed by atoms with Gasteiger partial charge in [0.25, 0.3) is 0 Å². The van der Waals surface area contributed by atoms with Crippen LogP contribution in [-0.2, 0) is 6.54 Å². The molecule has 0 radical (unpaired) electrons. The summed E-state index contributed by atoms with van der Waals surface area (Å²) < 4.78 is 6.31. The lowest BCUT2D eigenvalue weighted by atomic mass is 10.2. The number of pyridine rings is 1. The lowest BCUT2D eigenvalue weighted by Gasteiger charge is -2.11. The molecule has 1 heterocycles. The van der Waals surface area contributed by atoms with Crippen LogP contribution in [0, 0.1) is 0 Å². The van der Waals surface area contributed by atoms with Crippen LogP contribution in [0.15, 0.2) is 47.2 Å². The standard InChI is InChI=1S/C13H13BrN2O/c1-17-13-5-4-11(14)7-12(13)16-9-10-3-2-6-15-8-10/h2-8,16H,9H2,1H3. The Balaban J connectivity index is 2.11. The van der Waals surface area contributed by atoms with Gasteiger partial charge in [-0.1, -0.05) is 22.0 Å². The van der Waals surface area contributed by atoms with Crippen LogP contribution in [-0.4, -0.2) is 12.1 Å². The second-order valence-corrected chi connectivity index (χ2v) is 4.48. The van der Waals surface area contributed by atoms with E-state index in [1.807, 2.05) is 36.5 Å². The highest BCUT2D eigenvalue weighted by atomic mass is 79.9. The molecule has 2 rings (SSSR count). The Bertz CT molecular complexity index is 488. The van der Waals surface area contributed by atoms with E-state index >= 15 is 0 Å². The molecular weight excluding hydrogens is 280 g/mol. The molecule has 0 aliphatic rings. The average molecular weight is 293 g/mol. The molecule has 0 bridgehead atoms. The summed E-state index contributed by atoms with van der Waals surface area (Å²) >= 11 is 3.44. The largest absolute Gasteiger partial charge is 0.495 e. The molecular formula is C13H13BrN2O. The molecule has 0 atom stereocenters. The minimum Gasteiger partial charge on any atom is -0.495 e. The van der Waals surface area contributed by atoms with Gasteiger partial charge in [0.05, 0.1) is 12.8 Å². The molecule has 3 nitrogen and oxygen atoms in total. The average Bonchev–Trinajstić information content (AvgIpc) is 2.38. The second kappa shape index (κ2) is 5.68. The van der Waals surface area contributed by atoms with Gasteiger partial charge in [-0.2, -0.15) is 0 Å². The first kappa shape index (κ1) is 11.9. The van der Waals surface area contributed by atoms with Crippen LogP contribution in [0.4, 0.5) is 5.69 Å². The van der Waals surface area contributed by atoms with Crippen molar-refractivity contribution in [3.8, 4) is 5.75 Å². The Morgan fingerprint density at radius 3 is 2.94 bits per heavy atom. The maximum Gasteiger partial charge on any atom is 0.142 e. The highest BCUT2D eigenvalue weighted by Gasteiger charge is 2.03. The Labute approximate surface area is 109 Å². The summed E-state index contributed by atoms with van der Waals surface area (Å²) in [6.07, 6.45) is 3.61. The normalized spacial score (nSPS) is 10.0. The third-order valence-corrected chi connectivity index (χ3v) is 2.86. The molecule has 0 saturated heterocycles. The number of halogens is 1. The van der Waals surface area contributed by atoms with Crippen molar-refractivity contribution in [2.45, 2.75) is 6.54 Å². The van der Waals surface area contributed by atoms with E-state index in [0.29, 0.717) is 0 Å². The Kier molecular flexibility index (Phi) is 3.98. The van der Waals surface area contributed by atoms with E-state index in [4.69, 9.17) is 4.74 Å². The van der Waals surface area contributed by atoms with Crippen molar-refractivity contribution in [2.75, 3.05) is 12.4 Å². The molecule has 0 aliphatic heterocycles. The van der Waals surface area contributed by atoms with Gasteiger partial charge in [0.15, 0.2) is 0 Å². The monoisotopic (exact) mass is 292 g/mol. The minimum absolute atomic E-state index is 0.723. The SMILES string of the molecule is COc1ccc(Br)cc1NCc1cccnc1. The van der Waals surface area contributed by atoms with Crippen molar-refractivity contribution in [1.29, 1.82) is 0 Å².